The summed E-state index contributed by atoms with van der Waals surface area (Å²) in [7, 11) is 1.30. The molecule has 5 aromatic carbocycles. The van der Waals surface area contributed by atoms with E-state index in [9.17, 15) is 25.0 Å². The van der Waals surface area contributed by atoms with Gasteiger partial charge < -0.3 is 24.0 Å². The first-order chi connectivity index (χ1) is 33.0. The summed E-state index contributed by atoms with van der Waals surface area (Å²) in [6.45, 7) is 8.19. The van der Waals surface area contributed by atoms with Crippen molar-refractivity contribution < 1.29 is 28.9 Å². The summed E-state index contributed by atoms with van der Waals surface area (Å²) in [5, 5.41) is 55.7. The van der Waals surface area contributed by atoms with Gasteiger partial charge in [-0.3, -0.25) is 29.6 Å². The Morgan fingerprint density at radius 3 is 1.29 bits per heavy atom. The Hall–Kier alpha value is -8.95. The van der Waals surface area contributed by atoms with Crippen molar-refractivity contribution in [1.82, 2.24) is 30.0 Å². The quantitative estimate of drug-likeness (QED) is 0.0251. The lowest BCUT2D eigenvalue weighted by Gasteiger charge is -2.23. The van der Waals surface area contributed by atoms with E-state index in [4.69, 9.17) is 14.2 Å². The number of likely N-dealkylation sites (N-methyl/N-ethyl adjacent to an activating group) is 2. The molecule has 0 amide bonds. The molecule has 0 atom stereocenters. The van der Waals surface area contributed by atoms with Crippen LogP contribution in [0.3, 0.4) is 0 Å². The van der Waals surface area contributed by atoms with Gasteiger partial charge in [-0.15, -0.1) is 10.2 Å². The van der Waals surface area contributed by atoms with E-state index in [0.717, 1.165) is 24.5 Å². The molecule has 0 saturated carbocycles. The number of benzene rings is 5. The summed E-state index contributed by atoms with van der Waals surface area (Å²) in [6.07, 6.45) is 3.61. The number of aromatic nitrogens is 6. The number of methoxy groups -OCH3 is 1. The smallest absolute Gasteiger partial charge is 0.338 e. The minimum absolute atomic E-state index is 0.00873. The number of ether oxygens (including phenoxy) is 3. The third-order valence-electron chi connectivity index (χ3n) is 10.3. The van der Waals surface area contributed by atoms with Crippen molar-refractivity contribution in [2.24, 2.45) is 20.5 Å². The molecule has 22 heteroatoms. The van der Waals surface area contributed by atoms with Crippen LogP contribution in [0.5, 0.6) is 11.5 Å². The van der Waals surface area contributed by atoms with Gasteiger partial charge in [0, 0.05) is 67.9 Å². The molecule has 0 saturated heterocycles. The summed E-state index contributed by atoms with van der Waals surface area (Å²) in [6, 6.07) is 31.8. The highest BCUT2D eigenvalue weighted by Crippen LogP contribution is 2.27. The summed E-state index contributed by atoms with van der Waals surface area (Å²) in [5.74, 6) is 0.184. The maximum absolute atomic E-state index is 12.6. The number of anilines is 2. The van der Waals surface area contributed by atoms with Crippen LogP contribution in [0.25, 0.3) is 0 Å². The molecule has 0 spiro atoms. The van der Waals surface area contributed by atoms with Gasteiger partial charge in [0.15, 0.2) is 0 Å². The minimum atomic E-state index is -0.555. The number of carbonyl (C=O) groups is 1. The van der Waals surface area contributed by atoms with E-state index in [1.54, 1.807) is 64.2 Å². The molecule has 0 aliphatic heterocycles. The van der Waals surface area contributed by atoms with Crippen molar-refractivity contribution in [2.45, 2.75) is 40.2 Å². The van der Waals surface area contributed by atoms with Gasteiger partial charge in [-0.05, 0) is 98.8 Å². The molecular formula is C46H46N14O8. The van der Waals surface area contributed by atoms with Crippen molar-refractivity contribution >= 4 is 51.5 Å². The fraction of sp³-hybridized carbons (Fsp3) is 0.239. The Morgan fingerprint density at radius 1 is 0.588 bits per heavy atom. The zero-order valence-corrected chi connectivity index (χ0v) is 37.3. The average Bonchev–Trinajstić information content (AvgIpc) is 4.04. The van der Waals surface area contributed by atoms with Crippen molar-refractivity contribution in [2.75, 3.05) is 43.1 Å². The van der Waals surface area contributed by atoms with Crippen LogP contribution in [-0.2, 0) is 31.0 Å². The monoisotopic (exact) mass is 922 g/mol. The van der Waals surface area contributed by atoms with Crippen LogP contribution in [0.1, 0.15) is 35.6 Å². The lowest BCUT2D eigenvalue weighted by Crippen LogP contribution is -2.27. The van der Waals surface area contributed by atoms with E-state index in [0.29, 0.717) is 71.8 Å². The molecule has 7 aromatic rings. The number of hydrogen-bond acceptors (Lipinski definition) is 18. The Bertz CT molecular complexity index is 2670. The Balaban J connectivity index is 0.879. The van der Waals surface area contributed by atoms with Crippen LogP contribution in [0.4, 0.5) is 45.5 Å². The first-order valence-corrected chi connectivity index (χ1v) is 21.3. The number of rotatable bonds is 23. The van der Waals surface area contributed by atoms with Gasteiger partial charge in [-0.25, -0.2) is 4.79 Å². The number of esters is 1. The number of nitro groups is 2. The van der Waals surface area contributed by atoms with Gasteiger partial charge in [0.25, 0.3) is 11.4 Å². The molecule has 348 valence electrons. The number of hydrogen-bond donors (Lipinski definition) is 0. The van der Waals surface area contributed by atoms with Crippen LogP contribution in [0, 0.1) is 20.2 Å². The van der Waals surface area contributed by atoms with Crippen LogP contribution in [0.15, 0.2) is 148 Å². The van der Waals surface area contributed by atoms with E-state index in [1.165, 1.54) is 31.4 Å². The first-order valence-electron chi connectivity index (χ1n) is 21.3. The lowest BCUT2D eigenvalue weighted by atomic mass is 10.2. The summed E-state index contributed by atoms with van der Waals surface area (Å²) >= 11 is 0. The molecule has 0 fully saturated rings. The standard InChI is InChI=1S/C46H46N14O8/c1-4-55(40-14-6-34(7-15-40)47-49-36-10-18-42(19-11-36)59(62)63)22-24-57-29-38(51-53-57)31-67-44-26-33(46(61)66-3)27-45(28-44)68-32-39-30-58(54-52-39)25-23-56(5-2)41-16-8-35(9-17-41)48-50-37-12-20-43(21-13-37)60(64)65/h6-21,26-30H,4-5,22-25,31-32H2,1-3H3. The van der Waals surface area contributed by atoms with Crippen LogP contribution in [-0.4, -0.2) is 79.1 Å². The highest BCUT2D eigenvalue weighted by molar-refractivity contribution is 5.90. The van der Waals surface area contributed by atoms with Crippen LogP contribution < -0.4 is 19.3 Å². The molecule has 2 heterocycles. The topological polar surface area (TPSA) is 248 Å². The summed E-state index contributed by atoms with van der Waals surface area (Å²) in [4.78, 5) is 37.8. The van der Waals surface area contributed by atoms with Gasteiger partial charge >= 0.3 is 5.97 Å². The third kappa shape index (κ3) is 13.1. The van der Waals surface area contributed by atoms with E-state index in [2.05, 4.69) is 64.7 Å². The number of azo groups is 2. The van der Waals surface area contributed by atoms with E-state index < -0.39 is 15.8 Å². The molecule has 2 aromatic heterocycles. The molecule has 22 nitrogen and oxygen atoms in total. The molecule has 0 bridgehead atoms. The van der Waals surface area contributed by atoms with Gasteiger partial charge in [0.1, 0.15) is 36.1 Å². The maximum Gasteiger partial charge on any atom is 0.338 e. The van der Waals surface area contributed by atoms with Crippen LogP contribution >= 0.6 is 0 Å². The molecule has 0 radical (unpaired) electrons. The summed E-state index contributed by atoms with van der Waals surface area (Å²) in [5.41, 5.74) is 5.68. The largest absolute Gasteiger partial charge is 0.487 e. The molecule has 0 aliphatic carbocycles. The zero-order valence-electron chi connectivity index (χ0n) is 37.3. The first kappa shape index (κ1) is 47.0. The van der Waals surface area contributed by atoms with Crippen molar-refractivity contribution in [3.8, 4) is 11.5 Å². The van der Waals surface area contributed by atoms with Gasteiger partial charge in [-0.2, -0.15) is 20.5 Å². The van der Waals surface area contributed by atoms with Gasteiger partial charge in [0.05, 0.1) is 70.8 Å². The fourth-order valence-corrected chi connectivity index (χ4v) is 6.68. The van der Waals surface area contributed by atoms with Crippen molar-refractivity contribution in [1.29, 1.82) is 0 Å². The molecule has 7 rings (SSSR count). The van der Waals surface area contributed by atoms with Gasteiger partial charge in [-0.1, -0.05) is 10.4 Å². The predicted molar refractivity (Wildman–Crippen MR) is 250 cm³/mol. The normalized spacial score (nSPS) is 11.2. The third-order valence-corrected chi connectivity index (χ3v) is 10.3. The summed E-state index contributed by atoms with van der Waals surface area (Å²) < 4.78 is 20.6. The van der Waals surface area contributed by atoms with Crippen molar-refractivity contribution in [3.05, 3.63) is 165 Å². The maximum atomic E-state index is 12.6. The molecular weight excluding hydrogens is 877 g/mol. The Morgan fingerprint density at radius 2 is 0.956 bits per heavy atom. The highest BCUT2D eigenvalue weighted by Gasteiger charge is 2.14. The van der Waals surface area contributed by atoms with E-state index in [1.807, 2.05) is 48.5 Å². The predicted octanol–water partition coefficient (Wildman–Crippen LogP) is 9.51. The number of carbonyl (C=O) groups excluding carboxylic acids is 1. The molecule has 68 heavy (non-hydrogen) atoms. The van der Waals surface area contributed by atoms with E-state index >= 15 is 0 Å². The Labute approximate surface area is 389 Å². The van der Waals surface area contributed by atoms with Crippen molar-refractivity contribution in [3.63, 3.8) is 0 Å². The molecule has 0 unspecified atom stereocenters. The fourth-order valence-electron chi connectivity index (χ4n) is 6.68. The highest BCUT2D eigenvalue weighted by atomic mass is 16.6. The lowest BCUT2D eigenvalue weighted by molar-refractivity contribution is -0.385. The Kier molecular flexibility index (Phi) is 15.8. The second-order valence-corrected chi connectivity index (χ2v) is 14.8. The SMILES string of the molecule is CCN(CCn1cc(COc2cc(OCc3cn(CCN(CC)c4ccc(N=Nc5ccc([N+](=O)[O-])cc5)cc4)nn3)cc(C(=O)OC)c2)nn1)c1ccc(N=Nc2ccc([N+](=O)[O-])cc2)cc1. The zero-order chi connectivity index (χ0) is 47.8. The molecule has 0 aliphatic rings. The average molecular weight is 923 g/mol. The number of non-ortho nitro benzene ring substituents is 2. The van der Waals surface area contributed by atoms with Crippen LogP contribution in [0.2, 0.25) is 0 Å². The second kappa shape index (κ2) is 22.8. The second-order valence-electron chi connectivity index (χ2n) is 14.8. The molecule has 0 N–H and O–H groups in total. The minimum Gasteiger partial charge on any atom is -0.487 e. The number of nitrogens with zero attached hydrogens (tertiary/aromatic N) is 14. The van der Waals surface area contributed by atoms with Gasteiger partial charge in [0.2, 0.25) is 0 Å². The van der Waals surface area contributed by atoms with E-state index in [-0.39, 0.29) is 30.2 Å². The number of nitro benzene ring substituents is 2.